The van der Waals surface area contributed by atoms with Crippen LogP contribution in [0, 0.1) is 0 Å². The summed E-state index contributed by atoms with van der Waals surface area (Å²) in [7, 11) is -7.07. The first-order valence-corrected chi connectivity index (χ1v) is 25.5. The molecule has 0 aromatic rings. The van der Waals surface area contributed by atoms with Gasteiger partial charge in [-0.15, -0.1) is 0 Å². The minimum Gasteiger partial charge on any atom is -0.417 e. The van der Waals surface area contributed by atoms with E-state index in [4.69, 9.17) is 8.85 Å². The summed E-state index contributed by atoms with van der Waals surface area (Å²) >= 11 is 0. The maximum absolute atomic E-state index is 11.5. The molecule has 0 atom stereocenters. The van der Waals surface area contributed by atoms with Crippen molar-refractivity contribution in [1.29, 1.82) is 0 Å². The fourth-order valence-electron chi connectivity index (χ4n) is 2.10. The SMILES string of the molecule is CC(C)(C)[Si](C)(C)OCC/C=C/P(C)(C)=O.CC(C)(C)[Si](C)(C)OCCC=O.COP(=O)(CP(=O)(OC)OC)OC. The highest BCUT2D eigenvalue weighted by atomic mass is 31.2. The molecule has 0 rings (SSSR count). The molecule has 0 aromatic heterocycles. The molecule has 41 heavy (non-hydrogen) atoms. The molecule has 0 aliphatic carbocycles. The Morgan fingerprint density at radius 3 is 1.20 bits per heavy atom. The van der Waals surface area contributed by atoms with Crippen molar-refractivity contribution >= 4 is 45.3 Å². The molecule has 0 bridgehead atoms. The van der Waals surface area contributed by atoms with E-state index in [1.165, 1.54) is 28.4 Å². The number of hydrogen-bond donors (Lipinski definition) is 0. The number of aldehydes is 1. The highest BCUT2D eigenvalue weighted by Crippen LogP contribution is 2.62. The van der Waals surface area contributed by atoms with Crippen molar-refractivity contribution in [3.05, 3.63) is 11.9 Å². The van der Waals surface area contributed by atoms with E-state index in [1.807, 2.05) is 11.9 Å². The zero-order valence-electron chi connectivity index (χ0n) is 28.7. The smallest absolute Gasteiger partial charge is 0.342 e. The van der Waals surface area contributed by atoms with Crippen LogP contribution >= 0.6 is 22.3 Å². The molecule has 0 aliphatic heterocycles. The molecule has 0 radical (unpaired) electrons. The first-order valence-electron chi connectivity index (χ1n) is 13.6. The first kappa shape index (κ1) is 45.7. The summed E-state index contributed by atoms with van der Waals surface area (Å²) in [5.74, 6) is 1.43. The zero-order chi connectivity index (χ0) is 33.4. The zero-order valence-corrected chi connectivity index (χ0v) is 33.4. The molecule has 0 amide bonds. The average molecular weight is 683 g/mol. The topological polar surface area (TPSA) is 124 Å². The van der Waals surface area contributed by atoms with Crippen LogP contribution in [0.4, 0.5) is 0 Å². The lowest BCUT2D eigenvalue weighted by Gasteiger charge is -2.36. The van der Waals surface area contributed by atoms with Gasteiger partial charge in [0.15, 0.2) is 22.5 Å². The van der Waals surface area contributed by atoms with E-state index in [0.29, 0.717) is 13.0 Å². The van der Waals surface area contributed by atoms with Crippen LogP contribution in [-0.4, -0.2) is 83.8 Å². The molecular weight excluding hydrogens is 621 g/mol. The molecule has 0 saturated heterocycles. The molecule has 0 fully saturated rings. The summed E-state index contributed by atoms with van der Waals surface area (Å²) in [5.41, 5.74) is 0. The van der Waals surface area contributed by atoms with E-state index in [9.17, 15) is 18.5 Å². The Hall–Kier alpha value is 0.294. The summed E-state index contributed by atoms with van der Waals surface area (Å²) in [4.78, 5) is 10.1. The van der Waals surface area contributed by atoms with E-state index < -0.39 is 39.0 Å². The summed E-state index contributed by atoms with van der Waals surface area (Å²) in [5, 5.41) is 0.511. The monoisotopic (exact) mass is 682 g/mol. The van der Waals surface area contributed by atoms with Gasteiger partial charge in [0.25, 0.3) is 0 Å². The second-order valence-corrected chi connectivity index (χ2v) is 30.7. The lowest BCUT2D eigenvalue weighted by Crippen LogP contribution is -2.41. The van der Waals surface area contributed by atoms with Crippen molar-refractivity contribution in [2.24, 2.45) is 0 Å². The van der Waals surface area contributed by atoms with Crippen molar-refractivity contribution in [2.75, 3.05) is 60.9 Å². The van der Waals surface area contributed by atoms with Gasteiger partial charge in [0, 0.05) is 48.1 Å². The van der Waals surface area contributed by atoms with E-state index in [0.717, 1.165) is 19.3 Å². The van der Waals surface area contributed by atoms with Gasteiger partial charge in [-0.3, -0.25) is 9.13 Å². The Bertz CT molecular complexity index is 864. The van der Waals surface area contributed by atoms with Gasteiger partial charge < -0.3 is 36.3 Å². The molecule has 0 unspecified atom stereocenters. The Morgan fingerprint density at radius 1 is 0.634 bits per heavy atom. The van der Waals surface area contributed by atoms with Crippen LogP contribution in [0.2, 0.25) is 36.3 Å². The van der Waals surface area contributed by atoms with Crippen LogP contribution in [0.5, 0.6) is 0 Å². The first-order chi connectivity index (χ1) is 18.2. The summed E-state index contributed by atoms with van der Waals surface area (Å²) in [6.07, 6.45) is 4.27. The van der Waals surface area contributed by atoms with Crippen molar-refractivity contribution in [1.82, 2.24) is 0 Å². The van der Waals surface area contributed by atoms with Gasteiger partial charge in [-0.1, -0.05) is 47.6 Å². The highest BCUT2D eigenvalue weighted by Gasteiger charge is 2.38. The molecule has 0 aromatic carbocycles. The van der Waals surface area contributed by atoms with Gasteiger partial charge in [0.1, 0.15) is 13.4 Å². The summed E-state index contributed by atoms with van der Waals surface area (Å²) in [6, 6.07) is 0. The maximum atomic E-state index is 11.5. The third-order valence-corrected chi connectivity index (χ3v) is 22.0. The Balaban J connectivity index is -0.000000535. The van der Waals surface area contributed by atoms with E-state index >= 15 is 0 Å². The molecule has 0 aliphatic rings. The predicted octanol–water partition coefficient (Wildman–Crippen LogP) is 9.05. The molecule has 0 saturated carbocycles. The second kappa shape index (κ2) is 19.6. The van der Waals surface area contributed by atoms with Gasteiger partial charge in [-0.25, -0.2) is 0 Å². The molecule has 248 valence electrons. The fraction of sp³-hybridized carbons (Fsp3) is 0.885. The van der Waals surface area contributed by atoms with E-state index in [-0.39, 0.29) is 16.0 Å². The van der Waals surface area contributed by atoms with Gasteiger partial charge in [0.2, 0.25) is 0 Å². The van der Waals surface area contributed by atoms with E-state index in [2.05, 4.69) is 85.8 Å². The van der Waals surface area contributed by atoms with Crippen LogP contribution in [0.15, 0.2) is 11.9 Å². The van der Waals surface area contributed by atoms with Gasteiger partial charge >= 0.3 is 15.2 Å². The Labute approximate surface area is 253 Å². The molecule has 0 N–H and O–H groups in total. The minimum atomic E-state index is -3.35. The predicted molar refractivity (Wildman–Crippen MR) is 178 cm³/mol. The normalized spacial score (nSPS) is 13.8. The molecule has 0 spiro atoms. The Morgan fingerprint density at radius 2 is 0.951 bits per heavy atom. The van der Waals surface area contributed by atoms with Gasteiger partial charge in [0.05, 0.1) is 0 Å². The van der Waals surface area contributed by atoms with Crippen LogP contribution in [0.1, 0.15) is 54.4 Å². The average Bonchev–Trinajstić information content (AvgIpc) is 2.82. The molecule has 10 nitrogen and oxygen atoms in total. The van der Waals surface area contributed by atoms with Crippen molar-refractivity contribution in [2.45, 2.75) is 90.6 Å². The van der Waals surface area contributed by atoms with E-state index in [1.54, 1.807) is 13.3 Å². The van der Waals surface area contributed by atoms with Crippen molar-refractivity contribution in [3.63, 3.8) is 0 Å². The maximum Gasteiger partial charge on any atom is 0.342 e. The minimum absolute atomic E-state index is 0.246. The van der Waals surface area contributed by atoms with Gasteiger partial charge in [-0.05, 0) is 61.8 Å². The largest absolute Gasteiger partial charge is 0.417 e. The van der Waals surface area contributed by atoms with Crippen LogP contribution in [0.25, 0.3) is 0 Å². The van der Waals surface area contributed by atoms with Crippen molar-refractivity contribution in [3.8, 4) is 0 Å². The number of carbonyl (C=O) groups is 1. The van der Waals surface area contributed by atoms with Crippen LogP contribution in [-0.2, 0) is 45.4 Å². The lowest BCUT2D eigenvalue weighted by molar-refractivity contribution is -0.108. The van der Waals surface area contributed by atoms with Crippen LogP contribution in [0.3, 0.4) is 0 Å². The van der Waals surface area contributed by atoms with Gasteiger partial charge in [-0.2, -0.15) is 0 Å². The van der Waals surface area contributed by atoms with Crippen molar-refractivity contribution < 1.29 is 45.4 Å². The fourth-order valence-corrected chi connectivity index (χ4v) is 8.72. The summed E-state index contributed by atoms with van der Waals surface area (Å²) in [6.45, 7) is 27.1. The number of rotatable bonds is 15. The highest BCUT2D eigenvalue weighted by molar-refractivity contribution is 7.71. The summed E-state index contributed by atoms with van der Waals surface area (Å²) < 4.78 is 64.5. The molecular formula is C26H61O10P3Si2. The number of hydrogen-bond acceptors (Lipinski definition) is 10. The second-order valence-electron chi connectivity index (χ2n) is 12.9. The third kappa shape index (κ3) is 21.6. The molecule has 0 heterocycles. The Kier molecular flexibility index (Phi) is 21.9. The lowest BCUT2D eigenvalue weighted by atomic mass is 10.2. The van der Waals surface area contributed by atoms with Crippen LogP contribution < -0.4 is 0 Å². The number of carbonyl (C=O) groups excluding carboxylic acids is 1. The molecule has 15 heteroatoms. The quantitative estimate of drug-likeness (QED) is 0.0715. The third-order valence-electron chi connectivity index (χ3n) is 6.98. The standard InChI is InChI=1S/C12H27O2PSi.C9H20O2Si.C5H14O6P2/c1-12(2,3)16(6,7)14-10-8-9-11-15(4,5)13;1-9(2,3)12(4,5)11-8-6-7-10;1-8-12(6,9-2)5-13(7,10-3)11-4/h9,11H,8,10H2,1-7H3;7H,6,8H2,1-5H3;5H2,1-4H3/b11-9+;;.